The lowest BCUT2D eigenvalue weighted by molar-refractivity contribution is 0.0517. The van der Waals surface area contributed by atoms with Gasteiger partial charge in [-0.1, -0.05) is 88.4 Å². The molecule has 2 aromatic carbocycles. The number of carbonyl (C=O) groups is 1. The fraction of sp³-hybridized carbons (Fsp3) is 0.429. The number of nitrogens with one attached hydrogen (secondary N) is 1. The maximum absolute atomic E-state index is 12.3. The predicted octanol–water partition coefficient (Wildman–Crippen LogP) is 4.66. The Hall–Kier alpha value is -2.70. The number of fused-ring (bicyclic) bond motifs is 1. The summed E-state index contributed by atoms with van der Waals surface area (Å²) in [5.74, 6) is -0.341. The maximum atomic E-state index is 12.3. The number of nitrogens with zero attached hydrogens (tertiary/aromatic N) is 1. The lowest BCUT2D eigenvalue weighted by Crippen LogP contribution is -2.67. The molecule has 0 saturated heterocycles. The van der Waals surface area contributed by atoms with Crippen molar-refractivity contribution in [2.45, 2.75) is 58.9 Å². The van der Waals surface area contributed by atoms with E-state index in [0.717, 1.165) is 30.5 Å². The number of carbonyl (C=O) groups excluding carboxylic acids is 1. The van der Waals surface area contributed by atoms with Gasteiger partial charge >= 0.3 is 5.97 Å². The molecule has 0 fully saturated rings. The topological polar surface area (TPSA) is 64.2 Å². The minimum absolute atomic E-state index is 0.0570. The van der Waals surface area contributed by atoms with E-state index in [1.807, 2.05) is 6.92 Å². The largest absolute Gasteiger partial charge is 0.461 e. The Kier molecular flexibility index (Phi) is 6.83. The molecule has 1 N–H and O–H groups in total. The molecule has 0 spiro atoms. The van der Waals surface area contributed by atoms with E-state index in [4.69, 9.17) is 9.16 Å². The standard InChI is InChI=1S/C28H36N2O3Si/c1-6-32-26(31)25-23-17-18-28(5,19-24(23)29-30-25)20-33-34(27(2,3)4,21-13-9-7-10-14-21)22-15-11-8-12-16-22/h7-16H,6,17-20H2,1-5H3,(H,29,30). The number of hydrogen-bond acceptors (Lipinski definition) is 4. The molecule has 1 unspecified atom stereocenters. The van der Waals surface area contributed by atoms with E-state index in [1.165, 1.54) is 10.4 Å². The number of ether oxygens (including phenoxy) is 1. The van der Waals surface area contributed by atoms with Gasteiger partial charge in [0.15, 0.2) is 5.69 Å². The third kappa shape index (κ3) is 4.49. The Bertz CT molecular complexity index is 1080. The summed E-state index contributed by atoms with van der Waals surface area (Å²) in [7, 11) is -2.60. The lowest BCUT2D eigenvalue weighted by Gasteiger charge is -2.45. The molecule has 1 aliphatic carbocycles. The number of H-pyrrole nitrogens is 1. The molecule has 1 aromatic heterocycles. The molecule has 6 heteroatoms. The van der Waals surface area contributed by atoms with Crippen LogP contribution in [-0.2, 0) is 22.0 Å². The van der Waals surface area contributed by atoms with E-state index in [-0.39, 0.29) is 16.4 Å². The van der Waals surface area contributed by atoms with Crippen LogP contribution in [0, 0.1) is 5.41 Å². The van der Waals surface area contributed by atoms with Gasteiger partial charge in [0.1, 0.15) is 0 Å². The summed E-state index contributed by atoms with van der Waals surface area (Å²) in [6, 6.07) is 21.5. The quantitative estimate of drug-likeness (QED) is 0.398. The van der Waals surface area contributed by atoms with Crippen LogP contribution in [-0.4, -0.2) is 37.7 Å². The van der Waals surface area contributed by atoms with Gasteiger partial charge in [-0.25, -0.2) is 4.79 Å². The molecule has 1 atom stereocenters. The van der Waals surface area contributed by atoms with Crippen LogP contribution in [0.3, 0.4) is 0 Å². The summed E-state index contributed by atoms with van der Waals surface area (Å²) in [6.45, 7) is 12.0. The zero-order chi connectivity index (χ0) is 24.4. The highest BCUT2D eigenvalue weighted by atomic mass is 28.4. The molecule has 1 aliphatic rings. The van der Waals surface area contributed by atoms with Crippen molar-refractivity contribution in [3.63, 3.8) is 0 Å². The molecule has 5 nitrogen and oxygen atoms in total. The highest BCUT2D eigenvalue weighted by Crippen LogP contribution is 2.41. The van der Waals surface area contributed by atoms with E-state index in [2.05, 4.69) is 98.6 Å². The molecular formula is C28H36N2O3Si. The average molecular weight is 477 g/mol. The first kappa shape index (κ1) is 24.4. The smallest absolute Gasteiger partial charge is 0.359 e. The van der Waals surface area contributed by atoms with Crippen molar-refractivity contribution in [2.75, 3.05) is 13.2 Å². The Balaban J connectivity index is 1.66. The fourth-order valence-electron chi connectivity index (χ4n) is 5.29. The minimum Gasteiger partial charge on any atom is -0.461 e. The first-order valence-corrected chi connectivity index (χ1v) is 14.1. The van der Waals surface area contributed by atoms with Gasteiger partial charge in [0.25, 0.3) is 8.32 Å². The van der Waals surface area contributed by atoms with Crippen molar-refractivity contribution in [3.8, 4) is 0 Å². The summed E-state index contributed by atoms with van der Waals surface area (Å²) in [6.07, 6.45) is 2.53. The van der Waals surface area contributed by atoms with E-state index in [0.29, 0.717) is 18.9 Å². The molecule has 0 saturated carbocycles. The van der Waals surface area contributed by atoms with Gasteiger partial charge in [0, 0.05) is 17.9 Å². The van der Waals surface area contributed by atoms with Crippen LogP contribution in [0.5, 0.6) is 0 Å². The highest BCUT2D eigenvalue weighted by molar-refractivity contribution is 6.99. The van der Waals surface area contributed by atoms with Crippen molar-refractivity contribution >= 4 is 24.7 Å². The number of aromatic nitrogens is 2. The van der Waals surface area contributed by atoms with Gasteiger partial charge in [0.05, 0.1) is 6.61 Å². The number of esters is 1. The van der Waals surface area contributed by atoms with E-state index >= 15 is 0 Å². The van der Waals surface area contributed by atoms with Crippen molar-refractivity contribution in [3.05, 3.63) is 77.6 Å². The number of benzene rings is 2. The zero-order valence-corrected chi connectivity index (χ0v) is 22.0. The van der Waals surface area contributed by atoms with Crippen molar-refractivity contribution < 1.29 is 14.0 Å². The van der Waals surface area contributed by atoms with Gasteiger partial charge in [0.2, 0.25) is 0 Å². The molecule has 3 aromatic rings. The summed E-state index contributed by atoms with van der Waals surface area (Å²) in [5, 5.41) is 9.93. The highest BCUT2D eigenvalue weighted by Gasteiger charge is 2.51. The molecular weight excluding hydrogens is 440 g/mol. The second-order valence-electron chi connectivity index (χ2n) is 10.7. The Labute approximate surface area is 204 Å². The summed E-state index contributed by atoms with van der Waals surface area (Å²) in [5.41, 5.74) is 2.41. The van der Waals surface area contributed by atoms with Crippen LogP contribution in [0.2, 0.25) is 5.04 Å². The van der Waals surface area contributed by atoms with Gasteiger partial charge in [-0.15, -0.1) is 0 Å². The Morgan fingerprint density at radius 3 is 2.18 bits per heavy atom. The predicted molar refractivity (Wildman–Crippen MR) is 138 cm³/mol. The normalized spacial score (nSPS) is 18.4. The molecule has 34 heavy (non-hydrogen) atoms. The molecule has 0 radical (unpaired) electrons. The van der Waals surface area contributed by atoms with Crippen molar-refractivity contribution in [1.29, 1.82) is 0 Å². The maximum Gasteiger partial charge on any atom is 0.359 e. The van der Waals surface area contributed by atoms with Gasteiger partial charge in [-0.3, -0.25) is 5.10 Å². The third-order valence-corrected chi connectivity index (χ3v) is 12.0. The SMILES string of the molecule is CCOC(=O)c1n[nH]c2c1CCC(C)(CO[Si](c1ccccc1)(c1ccccc1)C(C)(C)C)C2. The second kappa shape index (κ2) is 9.51. The Morgan fingerprint density at radius 2 is 1.65 bits per heavy atom. The summed E-state index contributed by atoms with van der Waals surface area (Å²) < 4.78 is 12.4. The van der Waals surface area contributed by atoms with Crippen LogP contribution in [0.1, 0.15) is 62.8 Å². The van der Waals surface area contributed by atoms with E-state index < -0.39 is 8.32 Å². The number of hydrogen-bond donors (Lipinski definition) is 1. The van der Waals surface area contributed by atoms with Crippen LogP contribution in [0.25, 0.3) is 0 Å². The van der Waals surface area contributed by atoms with E-state index in [1.54, 1.807) is 0 Å². The number of rotatable bonds is 7. The van der Waals surface area contributed by atoms with Gasteiger partial charge in [-0.05, 0) is 47.0 Å². The van der Waals surface area contributed by atoms with Gasteiger partial charge in [-0.2, -0.15) is 5.10 Å². The molecule has 0 bridgehead atoms. The van der Waals surface area contributed by atoms with Gasteiger partial charge < -0.3 is 9.16 Å². The first-order valence-electron chi connectivity index (χ1n) is 12.2. The molecule has 1 heterocycles. The average Bonchev–Trinajstić information content (AvgIpc) is 3.23. The minimum atomic E-state index is -2.60. The second-order valence-corrected chi connectivity index (χ2v) is 15.0. The molecule has 0 amide bonds. The van der Waals surface area contributed by atoms with Crippen molar-refractivity contribution in [2.24, 2.45) is 5.41 Å². The molecule has 4 rings (SSSR count). The van der Waals surface area contributed by atoms with Crippen LogP contribution >= 0.6 is 0 Å². The first-order chi connectivity index (χ1) is 16.2. The lowest BCUT2D eigenvalue weighted by atomic mass is 9.75. The zero-order valence-electron chi connectivity index (χ0n) is 21.0. The third-order valence-electron chi connectivity index (χ3n) is 7.06. The van der Waals surface area contributed by atoms with Crippen LogP contribution in [0.15, 0.2) is 60.7 Å². The monoisotopic (exact) mass is 476 g/mol. The number of aromatic amines is 1. The van der Waals surface area contributed by atoms with Crippen LogP contribution < -0.4 is 10.4 Å². The van der Waals surface area contributed by atoms with Crippen LogP contribution in [0.4, 0.5) is 0 Å². The van der Waals surface area contributed by atoms with Crippen molar-refractivity contribution in [1.82, 2.24) is 10.2 Å². The Morgan fingerprint density at radius 1 is 1.06 bits per heavy atom. The summed E-state index contributed by atoms with van der Waals surface area (Å²) >= 11 is 0. The molecule has 0 aliphatic heterocycles. The van der Waals surface area contributed by atoms with E-state index in [9.17, 15) is 4.79 Å². The summed E-state index contributed by atoms with van der Waals surface area (Å²) in [4.78, 5) is 12.3. The molecule has 180 valence electrons. The fourth-order valence-corrected chi connectivity index (χ4v) is 10.0.